The number of non-ortho nitro benzene ring substituents is 1. The Morgan fingerprint density at radius 3 is 2.58 bits per heavy atom. The molecule has 26 heavy (non-hydrogen) atoms. The average molecular weight is 371 g/mol. The second-order valence-corrected chi connectivity index (χ2v) is 6.20. The van der Waals surface area contributed by atoms with E-state index in [2.05, 4.69) is 0 Å². The molecule has 0 aliphatic rings. The first-order chi connectivity index (χ1) is 12.4. The van der Waals surface area contributed by atoms with Crippen molar-refractivity contribution in [1.82, 2.24) is 9.13 Å². The van der Waals surface area contributed by atoms with E-state index >= 15 is 0 Å². The van der Waals surface area contributed by atoms with Crippen molar-refractivity contribution in [2.45, 2.75) is 6.54 Å². The lowest BCUT2D eigenvalue weighted by atomic mass is 10.1. The number of benzene rings is 2. The van der Waals surface area contributed by atoms with Crippen LogP contribution in [0.3, 0.4) is 0 Å². The first-order valence-corrected chi connectivity index (χ1v) is 8.09. The van der Waals surface area contributed by atoms with Gasteiger partial charge in [0.25, 0.3) is 5.69 Å². The van der Waals surface area contributed by atoms with Crippen LogP contribution in [0, 0.1) is 15.5 Å². The highest BCUT2D eigenvalue weighted by Gasteiger charge is 2.14. The van der Waals surface area contributed by atoms with Crippen LogP contribution >= 0.6 is 11.6 Å². The molecule has 2 aromatic carbocycles. The van der Waals surface area contributed by atoms with Crippen LogP contribution in [0.15, 0.2) is 54.7 Å². The Labute approximate surface area is 153 Å². The van der Waals surface area contributed by atoms with Crippen molar-refractivity contribution in [3.63, 3.8) is 0 Å². The molecule has 3 aromatic rings. The van der Waals surface area contributed by atoms with Gasteiger partial charge in [-0.3, -0.25) is 20.3 Å². The van der Waals surface area contributed by atoms with Gasteiger partial charge >= 0.3 is 0 Å². The zero-order valence-corrected chi connectivity index (χ0v) is 14.6. The number of carbonyl (C=O) groups excluding carboxylic acids is 1. The minimum absolute atomic E-state index is 0.0107. The molecule has 0 aliphatic heterocycles. The summed E-state index contributed by atoms with van der Waals surface area (Å²) in [6.07, 6.45) is 1.65. The third-order valence-electron chi connectivity index (χ3n) is 4.06. The molecule has 3 rings (SSSR count). The maximum Gasteiger partial charge on any atom is 0.270 e. The van der Waals surface area contributed by atoms with Crippen LogP contribution in [0.4, 0.5) is 5.69 Å². The topological polar surface area (TPSA) is 93.9 Å². The van der Waals surface area contributed by atoms with Gasteiger partial charge in [0.05, 0.1) is 17.2 Å². The normalized spacial score (nSPS) is 10.7. The molecule has 0 amide bonds. The van der Waals surface area contributed by atoms with Gasteiger partial charge in [0.15, 0.2) is 5.78 Å². The summed E-state index contributed by atoms with van der Waals surface area (Å²) in [7, 11) is 1.68. The van der Waals surface area contributed by atoms with Gasteiger partial charge in [-0.05, 0) is 24.3 Å². The monoisotopic (exact) mass is 370 g/mol. The van der Waals surface area contributed by atoms with E-state index < -0.39 is 4.92 Å². The summed E-state index contributed by atoms with van der Waals surface area (Å²) in [5.74, 6) is -0.156. The number of nitrogens with zero attached hydrogens (tertiary/aromatic N) is 3. The van der Waals surface area contributed by atoms with Gasteiger partial charge in [-0.15, -0.1) is 0 Å². The van der Waals surface area contributed by atoms with Gasteiger partial charge in [-0.25, -0.2) is 0 Å². The molecule has 0 bridgehead atoms. The molecule has 0 fully saturated rings. The Hall–Kier alpha value is -3.19. The Kier molecular flexibility index (Phi) is 4.73. The number of carbonyl (C=O) groups is 1. The molecule has 8 heteroatoms. The standard InChI is InChI=1S/C18H15ClN4O3/c1-21-16(13-3-2-4-15(9-13)23(25)26)10-22(18(21)20)11-17(24)12-5-7-14(19)8-6-12/h2-10,20H,11H2,1H3. The third kappa shape index (κ3) is 3.43. The minimum atomic E-state index is -0.466. The molecule has 1 heterocycles. The predicted octanol–water partition coefficient (Wildman–Crippen LogP) is 3.42. The highest BCUT2D eigenvalue weighted by molar-refractivity contribution is 6.30. The van der Waals surface area contributed by atoms with Crippen LogP contribution in [0.2, 0.25) is 5.02 Å². The third-order valence-corrected chi connectivity index (χ3v) is 4.31. The van der Waals surface area contributed by atoms with E-state index in [1.54, 1.807) is 54.2 Å². The van der Waals surface area contributed by atoms with Crippen LogP contribution in [0.25, 0.3) is 11.3 Å². The van der Waals surface area contributed by atoms with Crippen molar-refractivity contribution in [3.05, 3.63) is 81.0 Å². The van der Waals surface area contributed by atoms with E-state index in [0.717, 1.165) is 0 Å². The van der Waals surface area contributed by atoms with Crippen molar-refractivity contribution >= 4 is 23.1 Å². The van der Waals surface area contributed by atoms with Crippen molar-refractivity contribution in [1.29, 1.82) is 5.41 Å². The van der Waals surface area contributed by atoms with Gasteiger partial charge < -0.3 is 9.13 Å². The fraction of sp³-hybridized carbons (Fsp3) is 0.111. The lowest BCUT2D eigenvalue weighted by Crippen LogP contribution is -2.25. The maximum atomic E-state index is 12.4. The largest absolute Gasteiger partial charge is 0.314 e. The van der Waals surface area contributed by atoms with Gasteiger partial charge in [0.2, 0.25) is 5.62 Å². The molecule has 1 N–H and O–H groups in total. The molecule has 0 unspecified atom stereocenters. The number of nitro benzene ring substituents is 1. The molecule has 132 valence electrons. The van der Waals surface area contributed by atoms with E-state index in [1.807, 2.05) is 0 Å². The Bertz CT molecular complexity index is 1050. The van der Waals surface area contributed by atoms with Crippen molar-refractivity contribution in [2.75, 3.05) is 0 Å². The fourth-order valence-electron chi connectivity index (χ4n) is 2.65. The highest BCUT2D eigenvalue weighted by Crippen LogP contribution is 2.22. The summed E-state index contributed by atoms with van der Waals surface area (Å²) in [4.78, 5) is 22.9. The Balaban J connectivity index is 1.94. The van der Waals surface area contributed by atoms with E-state index in [9.17, 15) is 14.9 Å². The number of rotatable bonds is 5. The molecule has 0 saturated carbocycles. The van der Waals surface area contributed by atoms with Gasteiger partial charge in [0.1, 0.15) is 0 Å². The second kappa shape index (κ2) is 6.97. The number of halogens is 1. The van der Waals surface area contributed by atoms with Gasteiger partial charge in [0, 0.05) is 41.5 Å². The zero-order chi connectivity index (χ0) is 18.8. The van der Waals surface area contributed by atoms with Crippen LogP contribution in [0.1, 0.15) is 10.4 Å². The molecule has 0 radical (unpaired) electrons. The minimum Gasteiger partial charge on any atom is -0.314 e. The molecule has 0 atom stereocenters. The van der Waals surface area contributed by atoms with Crippen molar-refractivity contribution < 1.29 is 9.72 Å². The first kappa shape index (κ1) is 17.6. The van der Waals surface area contributed by atoms with Crippen LogP contribution in [-0.4, -0.2) is 19.8 Å². The summed E-state index contributed by atoms with van der Waals surface area (Å²) in [5, 5.41) is 19.7. The fourth-order valence-corrected chi connectivity index (χ4v) is 2.78. The van der Waals surface area contributed by atoms with E-state index in [0.29, 0.717) is 21.8 Å². The molecular weight excluding hydrogens is 356 g/mol. The summed E-state index contributed by atoms with van der Waals surface area (Å²) in [6, 6.07) is 12.7. The summed E-state index contributed by atoms with van der Waals surface area (Å²) in [6.45, 7) is -0.0107. The lowest BCUT2D eigenvalue weighted by molar-refractivity contribution is -0.384. The number of hydrogen-bond donors (Lipinski definition) is 1. The molecule has 0 saturated heterocycles. The van der Waals surface area contributed by atoms with Gasteiger partial charge in [-0.1, -0.05) is 23.7 Å². The lowest BCUT2D eigenvalue weighted by Gasteiger charge is -2.02. The van der Waals surface area contributed by atoms with E-state index in [-0.39, 0.29) is 23.6 Å². The number of Topliss-reactive ketones (excluding diaryl/α,β-unsaturated/α-hetero) is 1. The summed E-state index contributed by atoms with van der Waals surface area (Å²) >= 11 is 5.83. The second-order valence-electron chi connectivity index (χ2n) is 5.76. The number of nitrogens with one attached hydrogen (secondary N) is 1. The average Bonchev–Trinajstić information content (AvgIpc) is 2.91. The highest BCUT2D eigenvalue weighted by atomic mass is 35.5. The maximum absolute atomic E-state index is 12.4. The zero-order valence-electron chi connectivity index (χ0n) is 13.8. The van der Waals surface area contributed by atoms with E-state index in [1.165, 1.54) is 16.7 Å². The smallest absolute Gasteiger partial charge is 0.270 e. The van der Waals surface area contributed by atoms with Crippen LogP contribution in [0.5, 0.6) is 0 Å². The number of ketones is 1. The van der Waals surface area contributed by atoms with Crippen LogP contribution in [-0.2, 0) is 13.6 Å². The van der Waals surface area contributed by atoms with E-state index in [4.69, 9.17) is 17.0 Å². The molecule has 0 spiro atoms. The summed E-state index contributed by atoms with van der Waals surface area (Å²) in [5.41, 5.74) is 1.81. The van der Waals surface area contributed by atoms with Crippen molar-refractivity contribution in [3.8, 4) is 11.3 Å². The molecule has 0 aliphatic carbocycles. The first-order valence-electron chi connectivity index (χ1n) is 7.71. The predicted molar refractivity (Wildman–Crippen MR) is 97.1 cm³/mol. The number of hydrogen-bond acceptors (Lipinski definition) is 4. The number of aromatic nitrogens is 2. The Morgan fingerprint density at radius 1 is 1.23 bits per heavy atom. The molecule has 1 aromatic heterocycles. The quantitative estimate of drug-likeness (QED) is 0.423. The van der Waals surface area contributed by atoms with Gasteiger partial charge in [-0.2, -0.15) is 0 Å². The molecular formula is C18H15ClN4O3. The Morgan fingerprint density at radius 2 is 1.92 bits per heavy atom. The van der Waals surface area contributed by atoms with Crippen molar-refractivity contribution in [2.24, 2.45) is 7.05 Å². The molecule has 7 nitrogen and oxygen atoms in total. The summed E-state index contributed by atoms with van der Waals surface area (Å²) < 4.78 is 3.08. The number of nitro groups is 1. The van der Waals surface area contributed by atoms with Crippen LogP contribution < -0.4 is 5.62 Å². The SMILES string of the molecule is Cn1c(-c2cccc([N+](=O)[O-])c2)cn(CC(=O)c2ccc(Cl)cc2)c1=N. The number of imidazole rings is 1.